The maximum Gasteiger partial charge on any atom is 0.225 e. The number of nitrogens with zero attached hydrogens (tertiary/aromatic N) is 2. The van der Waals surface area contributed by atoms with Crippen molar-refractivity contribution in [2.75, 3.05) is 52.5 Å². The van der Waals surface area contributed by atoms with E-state index in [1.807, 2.05) is 29.2 Å². The SMILES string of the molecule is O=C(C1CCN(CCOc2cccc(Cl)c2)CC1)N1CCOCC1. The van der Waals surface area contributed by atoms with Crippen LogP contribution in [0.3, 0.4) is 0 Å². The van der Waals surface area contributed by atoms with Crippen molar-refractivity contribution in [3.63, 3.8) is 0 Å². The molecular weight excluding hydrogens is 328 g/mol. The van der Waals surface area contributed by atoms with Gasteiger partial charge in [0.1, 0.15) is 12.4 Å². The average molecular weight is 353 g/mol. The minimum absolute atomic E-state index is 0.174. The lowest BCUT2D eigenvalue weighted by molar-refractivity contribution is -0.141. The molecule has 0 aromatic heterocycles. The number of hydrogen-bond donors (Lipinski definition) is 0. The number of carbonyl (C=O) groups excluding carboxylic acids is 1. The van der Waals surface area contributed by atoms with Gasteiger partial charge in [-0.2, -0.15) is 0 Å². The van der Waals surface area contributed by atoms with Crippen LogP contribution in [0.15, 0.2) is 24.3 Å². The van der Waals surface area contributed by atoms with Crippen LogP contribution in [-0.2, 0) is 9.53 Å². The molecule has 0 unspecified atom stereocenters. The van der Waals surface area contributed by atoms with E-state index in [-0.39, 0.29) is 5.92 Å². The van der Waals surface area contributed by atoms with Gasteiger partial charge in [-0.05, 0) is 44.1 Å². The molecule has 0 saturated carbocycles. The highest BCUT2D eigenvalue weighted by molar-refractivity contribution is 6.30. The van der Waals surface area contributed by atoms with Gasteiger partial charge in [0, 0.05) is 30.6 Å². The third kappa shape index (κ3) is 4.85. The summed E-state index contributed by atoms with van der Waals surface area (Å²) in [5.74, 6) is 1.29. The van der Waals surface area contributed by atoms with Crippen molar-refractivity contribution >= 4 is 17.5 Å². The summed E-state index contributed by atoms with van der Waals surface area (Å²) in [6, 6.07) is 7.47. The predicted molar refractivity (Wildman–Crippen MR) is 93.5 cm³/mol. The highest BCUT2D eigenvalue weighted by atomic mass is 35.5. The van der Waals surface area contributed by atoms with Crippen LogP contribution in [0.1, 0.15) is 12.8 Å². The lowest BCUT2D eigenvalue weighted by atomic mass is 9.95. The van der Waals surface area contributed by atoms with Gasteiger partial charge in [0.15, 0.2) is 0 Å². The van der Waals surface area contributed by atoms with Gasteiger partial charge in [0.25, 0.3) is 0 Å². The zero-order chi connectivity index (χ0) is 16.8. The summed E-state index contributed by atoms with van der Waals surface area (Å²) in [5, 5.41) is 0.690. The fourth-order valence-corrected chi connectivity index (χ4v) is 3.48. The Kier molecular flexibility index (Phi) is 6.35. The molecule has 2 heterocycles. The standard InChI is InChI=1S/C18H25ClN2O3/c19-16-2-1-3-17(14-16)24-13-8-20-6-4-15(5-7-20)18(22)21-9-11-23-12-10-21/h1-3,14-15H,4-13H2. The van der Waals surface area contributed by atoms with Crippen LogP contribution < -0.4 is 4.74 Å². The second kappa shape index (κ2) is 8.70. The van der Waals surface area contributed by atoms with Crippen molar-refractivity contribution < 1.29 is 14.3 Å². The van der Waals surface area contributed by atoms with Crippen LogP contribution in [0.5, 0.6) is 5.75 Å². The number of carbonyl (C=O) groups is 1. The van der Waals surface area contributed by atoms with Crippen LogP contribution in [-0.4, -0.2) is 68.3 Å². The zero-order valence-electron chi connectivity index (χ0n) is 14.0. The Morgan fingerprint density at radius 2 is 1.96 bits per heavy atom. The van der Waals surface area contributed by atoms with Crippen molar-refractivity contribution in [3.8, 4) is 5.75 Å². The van der Waals surface area contributed by atoms with Gasteiger partial charge in [-0.25, -0.2) is 0 Å². The average Bonchev–Trinajstić information content (AvgIpc) is 2.63. The first kappa shape index (κ1) is 17.5. The molecule has 2 saturated heterocycles. The summed E-state index contributed by atoms with van der Waals surface area (Å²) in [6.45, 7) is 6.27. The third-order valence-corrected chi connectivity index (χ3v) is 4.97. The predicted octanol–water partition coefficient (Wildman–Crippen LogP) is 2.29. The molecule has 0 bridgehead atoms. The number of likely N-dealkylation sites (tertiary alicyclic amines) is 1. The van der Waals surface area contributed by atoms with E-state index >= 15 is 0 Å². The third-order valence-electron chi connectivity index (χ3n) is 4.73. The molecule has 6 heteroatoms. The van der Waals surface area contributed by atoms with E-state index in [1.54, 1.807) is 0 Å². The molecule has 0 spiro atoms. The Hall–Kier alpha value is -1.30. The van der Waals surface area contributed by atoms with Crippen molar-refractivity contribution in [3.05, 3.63) is 29.3 Å². The van der Waals surface area contributed by atoms with E-state index in [0.717, 1.165) is 51.3 Å². The number of halogens is 1. The number of ether oxygens (including phenoxy) is 2. The molecule has 1 amide bonds. The smallest absolute Gasteiger partial charge is 0.225 e. The molecule has 2 aliphatic heterocycles. The molecule has 24 heavy (non-hydrogen) atoms. The topological polar surface area (TPSA) is 42.0 Å². The quantitative estimate of drug-likeness (QED) is 0.815. The van der Waals surface area contributed by atoms with Crippen LogP contribution in [0, 0.1) is 5.92 Å². The van der Waals surface area contributed by atoms with Crippen LogP contribution >= 0.6 is 11.6 Å². The van der Waals surface area contributed by atoms with Crippen LogP contribution in [0.4, 0.5) is 0 Å². The second-order valence-electron chi connectivity index (χ2n) is 6.36. The largest absolute Gasteiger partial charge is 0.492 e. The summed E-state index contributed by atoms with van der Waals surface area (Å²) in [4.78, 5) is 16.8. The molecule has 3 rings (SSSR count). The van der Waals surface area contributed by atoms with Crippen molar-refractivity contribution in [1.29, 1.82) is 0 Å². The fourth-order valence-electron chi connectivity index (χ4n) is 3.29. The molecule has 1 aromatic rings. The molecule has 1 aromatic carbocycles. The number of morpholine rings is 1. The fraction of sp³-hybridized carbons (Fsp3) is 0.611. The van der Waals surface area contributed by atoms with Crippen LogP contribution in [0.2, 0.25) is 5.02 Å². The summed E-state index contributed by atoms with van der Waals surface area (Å²) < 4.78 is 11.1. The number of amides is 1. The van der Waals surface area contributed by atoms with Crippen molar-refractivity contribution in [2.24, 2.45) is 5.92 Å². The monoisotopic (exact) mass is 352 g/mol. The van der Waals surface area contributed by atoms with E-state index < -0.39 is 0 Å². The molecule has 132 valence electrons. The second-order valence-corrected chi connectivity index (χ2v) is 6.80. The molecule has 2 aliphatic rings. The van der Waals surface area contributed by atoms with E-state index in [1.165, 1.54) is 0 Å². The van der Waals surface area contributed by atoms with E-state index in [4.69, 9.17) is 21.1 Å². The van der Waals surface area contributed by atoms with Gasteiger partial charge in [-0.15, -0.1) is 0 Å². The highest BCUT2D eigenvalue weighted by Gasteiger charge is 2.29. The summed E-state index contributed by atoms with van der Waals surface area (Å²) in [7, 11) is 0. The van der Waals surface area contributed by atoms with Crippen molar-refractivity contribution in [1.82, 2.24) is 9.80 Å². The molecule has 5 nitrogen and oxygen atoms in total. The minimum Gasteiger partial charge on any atom is -0.492 e. The summed E-state index contributed by atoms with van der Waals surface area (Å²) >= 11 is 5.95. The number of rotatable bonds is 5. The zero-order valence-corrected chi connectivity index (χ0v) is 14.7. The maximum absolute atomic E-state index is 12.5. The van der Waals surface area contributed by atoms with Crippen molar-refractivity contribution in [2.45, 2.75) is 12.8 Å². The Morgan fingerprint density at radius 1 is 1.21 bits per heavy atom. The Balaban J connectivity index is 1.36. The lowest BCUT2D eigenvalue weighted by Crippen LogP contribution is -2.47. The number of hydrogen-bond acceptors (Lipinski definition) is 4. The summed E-state index contributed by atoms with van der Waals surface area (Å²) in [5.41, 5.74) is 0. The van der Waals surface area contributed by atoms with E-state index in [2.05, 4.69) is 4.90 Å². The van der Waals surface area contributed by atoms with Gasteiger partial charge >= 0.3 is 0 Å². The molecule has 0 radical (unpaired) electrons. The van der Waals surface area contributed by atoms with Gasteiger partial charge in [0.2, 0.25) is 5.91 Å². The van der Waals surface area contributed by atoms with E-state index in [9.17, 15) is 4.79 Å². The normalized spacial score (nSPS) is 20.1. The van der Waals surface area contributed by atoms with E-state index in [0.29, 0.717) is 30.8 Å². The first-order chi connectivity index (χ1) is 11.7. The molecule has 0 atom stereocenters. The number of piperidine rings is 1. The highest BCUT2D eigenvalue weighted by Crippen LogP contribution is 2.21. The Bertz CT molecular complexity index is 541. The molecular formula is C18H25ClN2O3. The summed E-state index contributed by atoms with van der Waals surface area (Å²) in [6.07, 6.45) is 1.88. The van der Waals surface area contributed by atoms with Gasteiger partial charge in [-0.3, -0.25) is 9.69 Å². The first-order valence-electron chi connectivity index (χ1n) is 8.69. The van der Waals surface area contributed by atoms with Gasteiger partial charge in [0.05, 0.1) is 13.2 Å². The number of benzene rings is 1. The lowest BCUT2D eigenvalue weighted by Gasteiger charge is -2.35. The molecule has 0 aliphatic carbocycles. The Labute approximate surface area is 148 Å². The van der Waals surface area contributed by atoms with Gasteiger partial charge < -0.3 is 14.4 Å². The molecule has 0 N–H and O–H groups in total. The van der Waals surface area contributed by atoms with Gasteiger partial charge in [-0.1, -0.05) is 17.7 Å². The maximum atomic E-state index is 12.5. The molecule has 2 fully saturated rings. The first-order valence-corrected chi connectivity index (χ1v) is 9.07. The van der Waals surface area contributed by atoms with Crippen LogP contribution in [0.25, 0.3) is 0 Å². The minimum atomic E-state index is 0.174. The Morgan fingerprint density at radius 3 is 2.67 bits per heavy atom.